The number of ether oxygens (including phenoxy) is 1. The van der Waals surface area contributed by atoms with E-state index in [1.807, 2.05) is 30.3 Å². The van der Waals surface area contributed by atoms with Crippen LogP contribution < -0.4 is 5.32 Å². The summed E-state index contributed by atoms with van der Waals surface area (Å²) in [5, 5.41) is 16.5. The van der Waals surface area contributed by atoms with Crippen LogP contribution in [0.4, 0.5) is 10.6 Å². The van der Waals surface area contributed by atoms with Crippen molar-refractivity contribution >= 4 is 17.9 Å². The van der Waals surface area contributed by atoms with Crippen LogP contribution in [0.15, 0.2) is 60.7 Å². The highest BCUT2D eigenvalue weighted by Crippen LogP contribution is 2.25. The zero-order valence-electron chi connectivity index (χ0n) is 15.8. The predicted molar refractivity (Wildman–Crippen MR) is 106 cm³/mol. The standard InChI is InChI=1S/C21H21N3O4/c1-21(2,3)28-20(27)22-18-13-17(14-8-5-4-6-9-14)23-24(18)16-11-7-10-15(12-16)19(25)26/h4-13H,1-3H3,(H,22,27)(H,25,26). The van der Waals surface area contributed by atoms with Crippen molar-refractivity contribution in [1.29, 1.82) is 0 Å². The van der Waals surface area contributed by atoms with E-state index < -0.39 is 17.7 Å². The molecule has 3 aromatic rings. The molecule has 0 atom stereocenters. The molecule has 1 heterocycles. The van der Waals surface area contributed by atoms with Crippen molar-refractivity contribution in [2.45, 2.75) is 26.4 Å². The largest absolute Gasteiger partial charge is 0.478 e. The predicted octanol–water partition coefficient (Wildman–Crippen LogP) is 4.58. The first-order chi connectivity index (χ1) is 13.2. The fraction of sp³-hybridized carbons (Fsp3) is 0.190. The Morgan fingerprint density at radius 2 is 1.75 bits per heavy atom. The number of aromatic carboxylic acids is 1. The van der Waals surface area contributed by atoms with Gasteiger partial charge in [-0.05, 0) is 39.0 Å². The summed E-state index contributed by atoms with van der Waals surface area (Å²) in [7, 11) is 0. The summed E-state index contributed by atoms with van der Waals surface area (Å²) in [5.74, 6) is -0.672. The number of aromatic nitrogens is 2. The number of carboxylic acid groups (broad SMARTS) is 1. The van der Waals surface area contributed by atoms with E-state index in [-0.39, 0.29) is 5.56 Å². The Kier molecular flexibility index (Phi) is 5.17. The summed E-state index contributed by atoms with van der Waals surface area (Å²) in [6, 6.07) is 17.5. The molecule has 0 aliphatic heterocycles. The van der Waals surface area contributed by atoms with Crippen LogP contribution in [0.3, 0.4) is 0 Å². The molecule has 7 heteroatoms. The minimum absolute atomic E-state index is 0.123. The van der Waals surface area contributed by atoms with Crippen LogP contribution in [0.2, 0.25) is 0 Å². The summed E-state index contributed by atoms with van der Waals surface area (Å²) >= 11 is 0. The van der Waals surface area contributed by atoms with Crippen LogP contribution in [0, 0.1) is 0 Å². The van der Waals surface area contributed by atoms with E-state index in [9.17, 15) is 14.7 Å². The van der Waals surface area contributed by atoms with Crippen molar-refractivity contribution in [3.63, 3.8) is 0 Å². The van der Waals surface area contributed by atoms with Crippen LogP contribution in [-0.4, -0.2) is 32.6 Å². The molecule has 0 aliphatic rings. The zero-order valence-corrected chi connectivity index (χ0v) is 15.8. The van der Waals surface area contributed by atoms with Crippen molar-refractivity contribution in [3.8, 4) is 16.9 Å². The number of hydrogen-bond acceptors (Lipinski definition) is 4. The maximum atomic E-state index is 12.3. The van der Waals surface area contributed by atoms with Gasteiger partial charge in [0.1, 0.15) is 11.4 Å². The Hall–Kier alpha value is -3.61. The molecule has 28 heavy (non-hydrogen) atoms. The SMILES string of the molecule is CC(C)(C)OC(=O)Nc1cc(-c2ccccc2)nn1-c1cccc(C(=O)O)c1. The molecular weight excluding hydrogens is 358 g/mol. The van der Waals surface area contributed by atoms with E-state index in [2.05, 4.69) is 10.4 Å². The van der Waals surface area contributed by atoms with Crippen molar-refractivity contribution < 1.29 is 19.4 Å². The molecule has 0 spiro atoms. The van der Waals surface area contributed by atoms with E-state index >= 15 is 0 Å². The van der Waals surface area contributed by atoms with Gasteiger partial charge in [-0.3, -0.25) is 5.32 Å². The van der Waals surface area contributed by atoms with Gasteiger partial charge in [-0.15, -0.1) is 0 Å². The lowest BCUT2D eigenvalue weighted by atomic mass is 10.1. The number of anilines is 1. The van der Waals surface area contributed by atoms with Crippen molar-refractivity contribution in [2.24, 2.45) is 0 Å². The van der Waals surface area contributed by atoms with Gasteiger partial charge < -0.3 is 9.84 Å². The minimum atomic E-state index is -1.04. The Labute approximate surface area is 162 Å². The number of amides is 1. The van der Waals surface area contributed by atoms with E-state index in [0.717, 1.165) is 5.56 Å². The third-order valence-electron chi connectivity index (χ3n) is 3.75. The normalized spacial score (nSPS) is 11.1. The number of benzene rings is 2. The quantitative estimate of drug-likeness (QED) is 0.692. The average molecular weight is 379 g/mol. The Bertz CT molecular complexity index is 1000. The number of rotatable bonds is 4. The summed E-state index contributed by atoms with van der Waals surface area (Å²) < 4.78 is 6.81. The van der Waals surface area contributed by atoms with Crippen LogP contribution in [0.1, 0.15) is 31.1 Å². The maximum Gasteiger partial charge on any atom is 0.413 e. The molecule has 0 unspecified atom stereocenters. The van der Waals surface area contributed by atoms with E-state index in [1.54, 1.807) is 39.0 Å². The highest BCUT2D eigenvalue weighted by Gasteiger charge is 2.19. The van der Waals surface area contributed by atoms with Crippen molar-refractivity contribution in [2.75, 3.05) is 5.32 Å². The van der Waals surface area contributed by atoms with Crippen LogP contribution in [0.25, 0.3) is 16.9 Å². The lowest BCUT2D eigenvalue weighted by molar-refractivity contribution is 0.0633. The van der Waals surface area contributed by atoms with Gasteiger partial charge in [-0.2, -0.15) is 5.10 Å². The Balaban J connectivity index is 2.04. The number of carboxylic acids is 1. The van der Waals surface area contributed by atoms with Crippen molar-refractivity contribution in [3.05, 3.63) is 66.2 Å². The average Bonchev–Trinajstić information content (AvgIpc) is 3.04. The van der Waals surface area contributed by atoms with Crippen LogP contribution >= 0.6 is 0 Å². The second kappa shape index (κ2) is 7.56. The Morgan fingerprint density at radius 3 is 2.39 bits per heavy atom. The third kappa shape index (κ3) is 4.56. The van der Waals surface area contributed by atoms with Gasteiger partial charge in [0.05, 0.1) is 16.9 Å². The second-order valence-corrected chi connectivity index (χ2v) is 7.18. The molecule has 0 radical (unpaired) electrons. The monoisotopic (exact) mass is 379 g/mol. The lowest BCUT2D eigenvalue weighted by Crippen LogP contribution is -2.27. The molecule has 144 valence electrons. The Morgan fingerprint density at radius 1 is 1.04 bits per heavy atom. The first-order valence-electron chi connectivity index (χ1n) is 8.72. The fourth-order valence-electron chi connectivity index (χ4n) is 2.60. The zero-order chi connectivity index (χ0) is 20.3. The van der Waals surface area contributed by atoms with Gasteiger partial charge in [0, 0.05) is 11.6 Å². The van der Waals surface area contributed by atoms with Crippen molar-refractivity contribution in [1.82, 2.24) is 9.78 Å². The van der Waals surface area contributed by atoms with E-state index in [4.69, 9.17) is 4.74 Å². The summed E-state index contributed by atoms with van der Waals surface area (Å²) in [6.07, 6.45) is -0.623. The van der Waals surface area contributed by atoms with E-state index in [0.29, 0.717) is 17.2 Å². The topological polar surface area (TPSA) is 93.5 Å². The summed E-state index contributed by atoms with van der Waals surface area (Å²) in [4.78, 5) is 23.6. The maximum absolute atomic E-state index is 12.3. The molecule has 1 amide bonds. The molecule has 0 saturated carbocycles. The van der Waals surface area contributed by atoms with Crippen LogP contribution in [0.5, 0.6) is 0 Å². The fourth-order valence-corrected chi connectivity index (χ4v) is 2.60. The summed E-state index contributed by atoms with van der Waals surface area (Å²) in [5.41, 5.74) is 1.47. The minimum Gasteiger partial charge on any atom is -0.478 e. The van der Waals surface area contributed by atoms with Gasteiger partial charge in [0.25, 0.3) is 0 Å². The molecule has 2 N–H and O–H groups in total. The first-order valence-corrected chi connectivity index (χ1v) is 8.72. The highest BCUT2D eigenvalue weighted by molar-refractivity contribution is 5.89. The number of carbonyl (C=O) groups is 2. The number of hydrogen-bond donors (Lipinski definition) is 2. The highest BCUT2D eigenvalue weighted by atomic mass is 16.6. The molecule has 3 rings (SSSR count). The second-order valence-electron chi connectivity index (χ2n) is 7.18. The molecular formula is C21H21N3O4. The summed E-state index contributed by atoms with van der Waals surface area (Å²) in [6.45, 7) is 5.32. The van der Waals surface area contributed by atoms with Crippen LogP contribution in [-0.2, 0) is 4.74 Å². The van der Waals surface area contributed by atoms with Gasteiger partial charge in [-0.1, -0.05) is 36.4 Å². The van der Waals surface area contributed by atoms with E-state index in [1.165, 1.54) is 16.8 Å². The molecule has 0 fully saturated rings. The molecule has 2 aromatic carbocycles. The van der Waals surface area contributed by atoms with Gasteiger partial charge >= 0.3 is 12.1 Å². The molecule has 1 aromatic heterocycles. The number of nitrogens with one attached hydrogen (secondary N) is 1. The van der Waals surface area contributed by atoms with Gasteiger partial charge in [0.2, 0.25) is 0 Å². The van der Waals surface area contributed by atoms with Gasteiger partial charge in [0.15, 0.2) is 0 Å². The molecule has 7 nitrogen and oxygen atoms in total. The third-order valence-corrected chi connectivity index (χ3v) is 3.75. The number of nitrogens with zero attached hydrogens (tertiary/aromatic N) is 2. The molecule has 0 saturated heterocycles. The lowest BCUT2D eigenvalue weighted by Gasteiger charge is -2.19. The first kappa shape index (κ1) is 19.2. The smallest absolute Gasteiger partial charge is 0.413 e. The number of carbonyl (C=O) groups excluding carboxylic acids is 1. The molecule has 0 aliphatic carbocycles. The molecule has 0 bridgehead atoms. The van der Waals surface area contributed by atoms with Gasteiger partial charge in [-0.25, -0.2) is 14.3 Å².